The maximum absolute atomic E-state index is 15.4. The van der Waals surface area contributed by atoms with Crippen LogP contribution in [-0.4, -0.2) is 48.1 Å². The number of urea groups is 1. The molecule has 1 aromatic heterocycles. The van der Waals surface area contributed by atoms with Gasteiger partial charge in [-0.3, -0.25) is 9.36 Å². The SMILES string of the molecule is COc1c(N2C[C@H]([C@H](N)CNC(N)=O)[C@H](C)C2)c(F)cc2c(=O)n(N)c(=O)n(C3CC3)c12. The number of methoxy groups -OCH3 is 1. The average molecular weight is 449 g/mol. The maximum atomic E-state index is 15.4. The second-order valence-corrected chi connectivity index (χ2v) is 8.65. The van der Waals surface area contributed by atoms with Gasteiger partial charge in [-0.1, -0.05) is 6.92 Å². The summed E-state index contributed by atoms with van der Waals surface area (Å²) in [4.78, 5) is 38.2. The van der Waals surface area contributed by atoms with Gasteiger partial charge in [0, 0.05) is 31.7 Å². The fraction of sp³-hybridized carbons (Fsp3) is 0.550. The molecule has 1 saturated carbocycles. The predicted octanol–water partition coefficient (Wildman–Crippen LogP) is -0.572. The number of fused-ring (bicyclic) bond motifs is 1. The van der Waals surface area contributed by atoms with Crippen LogP contribution in [-0.2, 0) is 0 Å². The van der Waals surface area contributed by atoms with Crippen molar-refractivity contribution in [3.05, 3.63) is 32.7 Å². The highest BCUT2D eigenvalue weighted by atomic mass is 19.1. The van der Waals surface area contributed by atoms with Crippen LogP contribution in [0.15, 0.2) is 15.7 Å². The third-order valence-electron chi connectivity index (χ3n) is 6.45. The van der Waals surface area contributed by atoms with Crippen LogP contribution in [0.25, 0.3) is 10.9 Å². The minimum atomic E-state index is -0.780. The largest absolute Gasteiger partial charge is 0.492 e. The van der Waals surface area contributed by atoms with E-state index in [1.807, 2.05) is 11.8 Å². The zero-order valence-electron chi connectivity index (χ0n) is 18.0. The monoisotopic (exact) mass is 449 g/mol. The number of anilines is 1. The summed E-state index contributed by atoms with van der Waals surface area (Å²) < 4.78 is 22.9. The van der Waals surface area contributed by atoms with Gasteiger partial charge < -0.3 is 32.3 Å². The first-order valence-electron chi connectivity index (χ1n) is 10.5. The molecule has 2 heterocycles. The molecule has 32 heavy (non-hydrogen) atoms. The number of carbonyl (C=O) groups is 1. The number of amides is 2. The topological polar surface area (TPSA) is 164 Å². The molecule has 0 unspecified atom stereocenters. The van der Waals surface area contributed by atoms with Gasteiger partial charge in [-0.15, -0.1) is 0 Å². The molecule has 0 spiro atoms. The number of halogens is 1. The van der Waals surface area contributed by atoms with Crippen molar-refractivity contribution in [1.29, 1.82) is 0 Å². The van der Waals surface area contributed by atoms with E-state index < -0.39 is 23.1 Å². The van der Waals surface area contributed by atoms with Crippen molar-refractivity contribution in [2.24, 2.45) is 23.3 Å². The molecule has 1 saturated heterocycles. The fourth-order valence-corrected chi connectivity index (χ4v) is 4.70. The Morgan fingerprint density at radius 2 is 2.03 bits per heavy atom. The summed E-state index contributed by atoms with van der Waals surface area (Å²) in [6, 6.07) is -0.0462. The lowest BCUT2D eigenvalue weighted by Crippen LogP contribution is -2.46. The number of nitrogens with two attached hydrogens (primary N) is 3. The Labute approximate surface area is 182 Å². The van der Waals surface area contributed by atoms with E-state index in [0.717, 1.165) is 18.9 Å². The Balaban J connectivity index is 1.82. The number of hydrogen-bond acceptors (Lipinski definition) is 7. The second kappa shape index (κ2) is 8.01. The summed E-state index contributed by atoms with van der Waals surface area (Å²) >= 11 is 0. The lowest BCUT2D eigenvalue weighted by Gasteiger charge is -2.25. The maximum Gasteiger partial charge on any atom is 0.350 e. The zero-order valence-corrected chi connectivity index (χ0v) is 18.0. The first-order valence-corrected chi connectivity index (χ1v) is 10.5. The molecule has 4 rings (SSSR count). The number of nitrogens with one attached hydrogen (secondary N) is 1. The highest BCUT2D eigenvalue weighted by molar-refractivity contribution is 5.91. The Morgan fingerprint density at radius 1 is 1.34 bits per heavy atom. The predicted molar refractivity (Wildman–Crippen MR) is 118 cm³/mol. The van der Waals surface area contributed by atoms with E-state index in [1.165, 1.54) is 11.7 Å². The molecule has 7 N–H and O–H groups in total. The Hall–Kier alpha value is -3.28. The van der Waals surface area contributed by atoms with E-state index in [0.29, 0.717) is 17.8 Å². The first-order chi connectivity index (χ1) is 15.1. The lowest BCUT2D eigenvalue weighted by molar-refractivity contribution is 0.246. The molecule has 2 aliphatic rings. The van der Waals surface area contributed by atoms with Gasteiger partial charge in [0.25, 0.3) is 5.56 Å². The molecule has 0 bridgehead atoms. The van der Waals surface area contributed by atoms with Crippen LogP contribution in [0.2, 0.25) is 0 Å². The van der Waals surface area contributed by atoms with Gasteiger partial charge in [0.15, 0.2) is 11.6 Å². The first kappa shape index (κ1) is 21.9. The number of aromatic nitrogens is 2. The van der Waals surface area contributed by atoms with Gasteiger partial charge in [-0.25, -0.2) is 14.0 Å². The number of nitrogen functional groups attached to an aromatic ring is 1. The van der Waals surface area contributed by atoms with Crippen LogP contribution in [0.4, 0.5) is 14.9 Å². The molecule has 2 aromatic rings. The molecule has 2 fully saturated rings. The standard InChI is InChI=1S/C20H28FN7O4/c1-9-7-26(8-12(9)14(22)6-25-19(23)30)16-13(21)5-11-15(17(16)32-2)27(10-3-4-10)20(31)28(24)18(11)29/h5,9-10,12,14H,3-4,6-8,22,24H2,1-2H3,(H3,23,25,30)/t9-,12+,14-/m1/s1. The number of hydrogen-bond donors (Lipinski definition) is 4. The Bertz CT molecular complexity index is 1190. The van der Waals surface area contributed by atoms with Gasteiger partial charge in [0.2, 0.25) is 0 Å². The van der Waals surface area contributed by atoms with Crippen LogP contribution in [0.5, 0.6) is 5.75 Å². The number of rotatable bonds is 6. The van der Waals surface area contributed by atoms with Gasteiger partial charge in [0.05, 0.1) is 12.5 Å². The summed E-state index contributed by atoms with van der Waals surface area (Å²) in [5, 5.41) is 2.50. The number of nitrogens with zero attached hydrogens (tertiary/aromatic N) is 3. The molecule has 174 valence electrons. The van der Waals surface area contributed by atoms with Crippen LogP contribution >= 0.6 is 0 Å². The summed E-state index contributed by atoms with van der Waals surface area (Å²) in [5.74, 6) is 5.19. The summed E-state index contributed by atoms with van der Waals surface area (Å²) in [6.45, 7) is 3.08. The quantitative estimate of drug-likeness (QED) is 0.429. The molecule has 1 aliphatic heterocycles. The van der Waals surface area contributed by atoms with Crippen LogP contribution < -0.4 is 43.5 Å². The van der Waals surface area contributed by atoms with Gasteiger partial charge in [-0.05, 0) is 30.7 Å². The number of primary amides is 1. The minimum absolute atomic E-state index is 0.0109. The van der Waals surface area contributed by atoms with Gasteiger partial charge in [0.1, 0.15) is 11.2 Å². The van der Waals surface area contributed by atoms with Gasteiger partial charge in [-0.2, -0.15) is 4.68 Å². The third-order valence-corrected chi connectivity index (χ3v) is 6.45. The fourth-order valence-electron chi connectivity index (χ4n) is 4.70. The van der Waals surface area contributed by atoms with E-state index in [9.17, 15) is 14.4 Å². The van der Waals surface area contributed by atoms with Crippen molar-refractivity contribution in [3.63, 3.8) is 0 Å². The van der Waals surface area contributed by atoms with Crippen LogP contribution in [0, 0.1) is 17.7 Å². The highest BCUT2D eigenvalue weighted by Crippen LogP contribution is 2.44. The summed E-state index contributed by atoms with van der Waals surface area (Å²) in [5.41, 5.74) is 10.4. The van der Waals surface area contributed by atoms with E-state index in [4.69, 9.17) is 22.0 Å². The van der Waals surface area contributed by atoms with E-state index in [1.54, 1.807) is 0 Å². The molecular weight excluding hydrogens is 421 g/mol. The zero-order chi connectivity index (χ0) is 23.3. The molecule has 3 atom stereocenters. The van der Waals surface area contributed by atoms with Crippen LogP contribution in [0.1, 0.15) is 25.8 Å². The average Bonchev–Trinajstić information content (AvgIpc) is 3.51. The van der Waals surface area contributed by atoms with E-state index in [-0.39, 0.29) is 52.8 Å². The molecule has 12 heteroatoms. The van der Waals surface area contributed by atoms with Crippen molar-refractivity contribution in [3.8, 4) is 5.75 Å². The molecule has 1 aromatic carbocycles. The second-order valence-electron chi connectivity index (χ2n) is 8.65. The molecule has 0 radical (unpaired) electrons. The van der Waals surface area contributed by atoms with Crippen LogP contribution in [0.3, 0.4) is 0 Å². The Kier molecular flexibility index (Phi) is 5.49. The summed E-state index contributed by atoms with van der Waals surface area (Å²) in [6.07, 6.45) is 1.52. The highest BCUT2D eigenvalue weighted by Gasteiger charge is 2.38. The lowest BCUT2D eigenvalue weighted by atomic mass is 9.91. The van der Waals surface area contributed by atoms with Crippen molar-refractivity contribution < 1.29 is 13.9 Å². The van der Waals surface area contributed by atoms with Crippen molar-refractivity contribution in [2.45, 2.75) is 31.8 Å². The van der Waals surface area contributed by atoms with E-state index >= 15 is 4.39 Å². The normalized spacial score (nSPS) is 21.7. The van der Waals surface area contributed by atoms with E-state index in [2.05, 4.69) is 5.32 Å². The number of ether oxygens (including phenoxy) is 1. The van der Waals surface area contributed by atoms with Crippen molar-refractivity contribution in [2.75, 3.05) is 37.5 Å². The van der Waals surface area contributed by atoms with Crippen molar-refractivity contribution >= 4 is 22.6 Å². The van der Waals surface area contributed by atoms with Gasteiger partial charge >= 0.3 is 11.7 Å². The molecule has 11 nitrogen and oxygen atoms in total. The number of carbonyl (C=O) groups excluding carboxylic acids is 1. The Morgan fingerprint density at radius 3 is 2.62 bits per heavy atom. The number of benzene rings is 1. The molecule has 2 amide bonds. The third kappa shape index (κ3) is 3.53. The molecular formula is C20H28FN7O4. The summed E-state index contributed by atoms with van der Waals surface area (Å²) in [7, 11) is 1.38. The smallest absolute Gasteiger partial charge is 0.350 e. The van der Waals surface area contributed by atoms with Crippen molar-refractivity contribution in [1.82, 2.24) is 14.6 Å². The molecule has 1 aliphatic carbocycles. The minimum Gasteiger partial charge on any atom is -0.492 e.